The lowest BCUT2D eigenvalue weighted by molar-refractivity contribution is 0.334. The van der Waals surface area contributed by atoms with Crippen LogP contribution in [0, 0.1) is 6.92 Å². The summed E-state index contributed by atoms with van der Waals surface area (Å²) in [5.74, 6) is 2.07. The Hall–Kier alpha value is -1.27. The Labute approximate surface area is 122 Å². The first kappa shape index (κ1) is 13.7. The Morgan fingerprint density at radius 1 is 1.40 bits per heavy atom. The summed E-state index contributed by atoms with van der Waals surface area (Å²) >= 11 is 1.67. The standard InChI is InChI=1S/C14H20N4OS/c1-9-8-20-12(16-9)7-15-10(2)14-17-13(18-19-14)11-5-3-4-6-11/h8,10-11,15H,3-7H2,1-2H3. The van der Waals surface area contributed by atoms with E-state index < -0.39 is 0 Å². The van der Waals surface area contributed by atoms with Crippen molar-refractivity contribution in [1.29, 1.82) is 0 Å². The number of thiazole rings is 1. The van der Waals surface area contributed by atoms with E-state index in [9.17, 15) is 0 Å². The van der Waals surface area contributed by atoms with Crippen LogP contribution in [0.2, 0.25) is 0 Å². The molecule has 5 nitrogen and oxygen atoms in total. The first-order chi connectivity index (χ1) is 9.72. The van der Waals surface area contributed by atoms with Gasteiger partial charge in [-0.1, -0.05) is 18.0 Å². The Kier molecular flexibility index (Phi) is 4.12. The number of nitrogens with zero attached hydrogens (tertiary/aromatic N) is 3. The summed E-state index contributed by atoms with van der Waals surface area (Å²) in [5, 5.41) is 10.7. The average Bonchev–Trinajstić information content (AvgIpc) is 3.16. The molecule has 2 aromatic heterocycles. The van der Waals surface area contributed by atoms with Gasteiger partial charge in [-0.3, -0.25) is 5.32 Å². The second-order valence-corrected chi connectivity index (χ2v) is 6.40. The fraction of sp³-hybridized carbons (Fsp3) is 0.643. The maximum absolute atomic E-state index is 5.39. The number of hydrogen-bond acceptors (Lipinski definition) is 6. The van der Waals surface area contributed by atoms with Gasteiger partial charge >= 0.3 is 0 Å². The molecule has 1 aliphatic carbocycles. The molecule has 1 fully saturated rings. The molecule has 20 heavy (non-hydrogen) atoms. The highest BCUT2D eigenvalue weighted by Crippen LogP contribution is 2.32. The van der Waals surface area contributed by atoms with E-state index >= 15 is 0 Å². The van der Waals surface area contributed by atoms with Gasteiger partial charge in [0.25, 0.3) is 0 Å². The quantitative estimate of drug-likeness (QED) is 0.915. The summed E-state index contributed by atoms with van der Waals surface area (Å²) < 4.78 is 5.39. The van der Waals surface area contributed by atoms with Gasteiger partial charge < -0.3 is 4.52 Å². The zero-order valence-corrected chi connectivity index (χ0v) is 12.7. The highest BCUT2D eigenvalue weighted by Gasteiger charge is 2.23. The molecule has 1 atom stereocenters. The van der Waals surface area contributed by atoms with Crippen LogP contribution in [0.4, 0.5) is 0 Å². The van der Waals surface area contributed by atoms with Crippen LogP contribution in [0.3, 0.4) is 0 Å². The third-order valence-electron chi connectivity index (χ3n) is 3.77. The Morgan fingerprint density at radius 3 is 2.90 bits per heavy atom. The van der Waals surface area contributed by atoms with E-state index in [2.05, 4.69) is 25.8 Å². The van der Waals surface area contributed by atoms with Gasteiger partial charge in [-0.15, -0.1) is 11.3 Å². The third kappa shape index (κ3) is 3.07. The first-order valence-corrected chi connectivity index (χ1v) is 8.08. The van der Waals surface area contributed by atoms with Crippen molar-refractivity contribution in [2.75, 3.05) is 0 Å². The van der Waals surface area contributed by atoms with Gasteiger partial charge in [-0.05, 0) is 26.7 Å². The lowest BCUT2D eigenvalue weighted by Crippen LogP contribution is -2.18. The molecule has 2 heterocycles. The average molecular weight is 292 g/mol. The van der Waals surface area contributed by atoms with Crippen molar-refractivity contribution in [3.05, 3.63) is 27.8 Å². The highest BCUT2D eigenvalue weighted by atomic mass is 32.1. The normalized spacial score (nSPS) is 17.7. The van der Waals surface area contributed by atoms with E-state index in [0.29, 0.717) is 11.8 Å². The van der Waals surface area contributed by atoms with Gasteiger partial charge in [-0.25, -0.2) is 4.98 Å². The van der Waals surface area contributed by atoms with E-state index in [1.165, 1.54) is 25.7 Å². The van der Waals surface area contributed by atoms with Crippen LogP contribution in [0.15, 0.2) is 9.90 Å². The zero-order chi connectivity index (χ0) is 13.9. The summed E-state index contributed by atoms with van der Waals surface area (Å²) in [6.07, 6.45) is 4.95. The van der Waals surface area contributed by atoms with Gasteiger partial charge in [0.2, 0.25) is 5.89 Å². The van der Waals surface area contributed by atoms with E-state index in [1.807, 2.05) is 13.8 Å². The van der Waals surface area contributed by atoms with Crippen LogP contribution in [0.25, 0.3) is 0 Å². The lowest BCUT2D eigenvalue weighted by Gasteiger charge is -2.07. The molecule has 1 unspecified atom stereocenters. The Morgan fingerprint density at radius 2 is 2.20 bits per heavy atom. The molecule has 3 rings (SSSR count). The minimum absolute atomic E-state index is 0.0573. The molecule has 2 aromatic rings. The monoisotopic (exact) mass is 292 g/mol. The van der Waals surface area contributed by atoms with Gasteiger partial charge in [0.1, 0.15) is 5.01 Å². The van der Waals surface area contributed by atoms with Crippen molar-refractivity contribution in [3.63, 3.8) is 0 Å². The topological polar surface area (TPSA) is 63.8 Å². The van der Waals surface area contributed by atoms with Crippen LogP contribution in [-0.2, 0) is 6.54 Å². The van der Waals surface area contributed by atoms with E-state index in [0.717, 1.165) is 23.1 Å². The van der Waals surface area contributed by atoms with Crippen molar-refractivity contribution >= 4 is 11.3 Å². The fourth-order valence-corrected chi connectivity index (χ4v) is 3.31. The Balaban J connectivity index is 1.57. The summed E-state index contributed by atoms with van der Waals surface area (Å²) in [4.78, 5) is 8.99. The number of rotatable bonds is 5. The molecule has 6 heteroatoms. The van der Waals surface area contributed by atoms with Crippen LogP contribution >= 0.6 is 11.3 Å². The van der Waals surface area contributed by atoms with Gasteiger partial charge in [0.05, 0.1) is 6.04 Å². The van der Waals surface area contributed by atoms with Gasteiger partial charge in [0, 0.05) is 23.5 Å². The molecular weight excluding hydrogens is 272 g/mol. The minimum atomic E-state index is 0.0573. The predicted molar refractivity (Wildman–Crippen MR) is 77.6 cm³/mol. The molecular formula is C14H20N4OS. The van der Waals surface area contributed by atoms with Crippen molar-refractivity contribution in [1.82, 2.24) is 20.4 Å². The summed E-state index contributed by atoms with van der Waals surface area (Å²) in [6, 6.07) is 0.0573. The number of hydrogen-bond donors (Lipinski definition) is 1. The molecule has 0 spiro atoms. The molecule has 0 radical (unpaired) electrons. The van der Waals surface area contributed by atoms with Gasteiger partial charge in [-0.2, -0.15) is 4.98 Å². The number of aryl methyl sites for hydroxylation is 1. The molecule has 0 amide bonds. The molecule has 0 aliphatic heterocycles. The molecule has 1 saturated carbocycles. The fourth-order valence-electron chi connectivity index (χ4n) is 2.58. The maximum Gasteiger partial charge on any atom is 0.243 e. The molecule has 0 bridgehead atoms. The van der Waals surface area contributed by atoms with Crippen LogP contribution < -0.4 is 5.32 Å². The zero-order valence-electron chi connectivity index (χ0n) is 11.9. The molecule has 108 valence electrons. The van der Waals surface area contributed by atoms with Crippen molar-refractivity contribution in [3.8, 4) is 0 Å². The van der Waals surface area contributed by atoms with Crippen molar-refractivity contribution in [2.45, 2.75) is 58.0 Å². The van der Waals surface area contributed by atoms with Crippen molar-refractivity contribution < 1.29 is 4.52 Å². The first-order valence-electron chi connectivity index (χ1n) is 7.20. The molecule has 0 saturated heterocycles. The SMILES string of the molecule is Cc1csc(CNC(C)c2nc(C3CCCC3)no2)n1. The van der Waals surface area contributed by atoms with Crippen LogP contribution in [0.1, 0.15) is 67.0 Å². The summed E-state index contributed by atoms with van der Waals surface area (Å²) in [5.41, 5.74) is 1.07. The summed E-state index contributed by atoms with van der Waals surface area (Å²) in [6.45, 7) is 4.79. The van der Waals surface area contributed by atoms with Crippen LogP contribution in [0.5, 0.6) is 0 Å². The lowest BCUT2D eigenvalue weighted by atomic mass is 10.1. The van der Waals surface area contributed by atoms with E-state index in [4.69, 9.17) is 4.52 Å². The smallest absolute Gasteiger partial charge is 0.243 e. The largest absolute Gasteiger partial charge is 0.338 e. The van der Waals surface area contributed by atoms with Crippen molar-refractivity contribution in [2.24, 2.45) is 0 Å². The predicted octanol–water partition coefficient (Wildman–Crippen LogP) is 3.34. The van der Waals surface area contributed by atoms with Gasteiger partial charge in [0.15, 0.2) is 5.82 Å². The highest BCUT2D eigenvalue weighted by molar-refractivity contribution is 7.09. The van der Waals surface area contributed by atoms with E-state index in [1.54, 1.807) is 11.3 Å². The molecule has 1 N–H and O–H groups in total. The molecule has 0 aromatic carbocycles. The molecule has 1 aliphatic rings. The number of nitrogens with one attached hydrogen (secondary N) is 1. The van der Waals surface area contributed by atoms with Crippen LogP contribution in [-0.4, -0.2) is 15.1 Å². The second-order valence-electron chi connectivity index (χ2n) is 5.46. The second kappa shape index (κ2) is 6.01. The van der Waals surface area contributed by atoms with E-state index in [-0.39, 0.29) is 6.04 Å². The summed E-state index contributed by atoms with van der Waals surface area (Å²) in [7, 11) is 0. The Bertz CT molecular complexity index is 559. The minimum Gasteiger partial charge on any atom is -0.338 e. The third-order valence-corrected chi connectivity index (χ3v) is 4.74. The number of aromatic nitrogens is 3. The maximum atomic E-state index is 5.39.